The van der Waals surface area contributed by atoms with Crippen LogP contribution in [0.4, 0.5) is 0 Å². The number of rotatable bonds is 3. The van der Waals surface area contributed by atoms with Crippen LogP contribution < -0.4 is 0 Å². The molecular weight excluding hydrogens is 214 g/mol. The van der Waals surface area contributed by atoms with E-state index >= 15 is 0 Å². The highest BCUT2D eigenvalue weighted by Gasteiger charge is 2.24. The third kappa shape index (κ3) is 3.75. The average molecular weight is 233 g/mol. The van der Waals surface area contributed by atoms with Crippen LogP contribution >= 0.6 is 24.8 Å². The molecule has 0 amide bonds. The first-order chi connectivity index (χ1) is 6.63. The van der Waals surface area contributed by atoms with Crippen LogP contribution in [0.15, 0.2) is 0 Å². The van der Waals surface area contributed by atoms with Crippen LogP contribution in [0.5, 0.6) is 0 Å². The van der Waals surface area contributed by atoms with E-state index in [-0.39, 0.29) is 0 Å². The molecule has 1 rings (SSSR count). The second-order valence-electron chi connectivity index (χ2n) is 4.01. The summed E-state index contributed by atoms with van der Waals surface area (Å²) >= 11 is 8.73. The highest BCUT2D eigenvalue weighted by molar-refractivity contribution is 8.10. The Hall–Kier alpha value is 0.200. The summed E-state index contributed by atoms with van der Waals surface area (Å²) in [6.45, 7) is 6.23. The van der Waals surface area contributed by atoms with Gasteiger partial charge in [-0.3, -0.25) is 4.90 Å². The van der Waals surface area contributed by atoms with E-state index < -0.39 is 0 Å². The van der Waals surface area contributed by atoms with Crippen LogP contribution in [0.2, 0.25) is 0 Å². The van der Waals surface area contributed by atoms with Crippen molar-refractivity contribution in [2.24, 2.45) is 5.92 Å². The van der Waals surface area contributed by atoms with Crippen LogP contribution in [0, 0.1) is 5.92 Å². The summed E-state index contributed by atoms with van der Waals surface area (Å²) in [5, 5.41) is 0. The first-order valence-corrected chi connectivity index (χ1v) is 6.08. The molecule has 0 unspecified atom stereocenters. The van der Waals surface area contributed by atoms with Gasteiger partial charge in [0.25, 0.3) is 0 Å². The van der Waals surface area contributed by atoms with Crippen molar-refractivity contribution in [3.8, 4) is 0 Å². The van der Waals surface area contributed by atoms with E-state index in [1.54, 1.807) is 0 Å². The molecule has 0 aromatic heterocycles. The summed E-state index contributed by atoms with van der Waals surface area (Å²) in [4.78, 5) is 2.35. The van der Waals surface area contributed by atoms with Gasteiger partial charge in [-0.05, 0) is 37.9 Å². The summed E-state index contributed by atoms with van der Waals surface area (Å²) < 4.78 is 5.61. The van der Waals surface area contributed by atoms with Crippen molar-refractivity contribution in [1.29, 1.82) is 0 Å². The largest absolute Gasteiger partial charge is 0.463 e. The Morgan fingerprint density at radius 3 is 2.86 bits per heavy atom. The lowest BCUT2D eigenvalue weighted by atomic mass is 9.92. The van der Waals surface area contributed by atoms with Gasteiger partial charge in [-0.2, -0.15) is 0 Å². The SMILES string of the molecule is CC[C@H]1CC[C@@H](C)N(COC(=S)S)C1. The molecule has 14 heavy (non-hydrogen) atoms. The maximum Gasteiger partial charge on any atom is 0.218 e. The van der Waals surface area contributed by atoms with E-state index in [1.807, 2.05) is 0 Å². The molecule has 2 atom stereocenters. The fourth-order valence-corrected chi connectivity index (χ4v) is 2.02. The normalized spacial score (nSPS) is 28.8. The molecule has 1 saturated heterocycles. The van der Waals surface area contributed by atoms with Crippen molar-refractivity contribution in [2.45, 2.75) is 39.2 Å². The minimum atomic E-state index is 0.343. The number of thiocarbonyl (C=S) groups is 1. The maximum atomic E-state index is 5.27. The van der Waals surface area contributed by atoms with Gasteiger partial charge in [0.15, 0.2) is 0 Å². The third-order valence-corrected chi connectivity index (χ3v) is 3.29. The summed E-state index contributed by atoms with van der Waals surface area (Å²) in [5.41, 5.74) is 0. The van der Waals surface area contributed by atoms with Gasteiger partial charge in [0.05, 0.1) is 0 Å². The lowest BCUT2D eigenvalue weighted by molar-refractivity contribution is 0.0390. The molecule has 82 valence electrons. The molecule has 0 saturated carbocycles. The van der Waals surface area contributed by atoms with Crippen LogP contribution in [0.3, 0.4) is 0 Å². The van der Waals surface area contributed by atoms with Crippen molar-refractivity contribution in [2.75, 3.05) is 13.3 Å². The fourth-order valence-electron chi connectivity index (χ4n) is 1.91. The number of hydrogen-bond acceptors (Lipinski definition) is 3. The molecule has 0 aromatic rings. The van der Waals surface area contributed by atoms with E-state index in [0.29, 0.717) is 17.2 Å². The van der Waals surface area contributed by atoms with Crippen molar-refractivity contribution in [3.63, 3.8) is 0 Å². The molecule has 0 spiro atoms. The molecule has 0 aliphatic carbocycles. The Balaban J connectivity index is 2.36. The van der Waals surface area contributed by atoms with Gasteiger partial charge in [0, 0.05) is 12.6 Å². The zero-order valence-corrected chi connectivity index (χ0v) is 10.6. The van der Waals surface area contributed by atoms with Crippen LogP contribution in [0.25, 0.3) is 0 Å². The lowest BCUT2D eigenvalue weighted by Crippen LogP contribution is -2.42. The van der Waals surface area contributed by atoms with Crippen molar-refractivity contribution >= 4 is 29.2 Å². The highest BCUT2D eigenvalue weighted by Crippen LogP contribution is 2.23. The van der Waals surface area contributed by atoms with E-state index in [2.05, 4.69) is 31.4 Å². The van der Waals surface area contributed by atoms with Gasteiger partial charge in [0.2, 0.25) is 4.38 Å². The molecule has 0 N–H and O–H groups in total. The molecule has 0 bridgehead atoms. The standard InChI is InChI=1S/C10H19NOS2/c1-3-9-5-4-8(2)11(6-9)7-12-10(13)14/h8-9H,3-7H2,1-2H3,(H,13,14)/t8-,9+/m1/s1. The number of hydrogen-bond donors (Lipinski definition) is 1. The molecular formula is C10H19NOS2. The number of ether oxygens (including phenoxy) is 1. The number of thiol groups is 1. The van der Waals surface area contributed by atoms with E-state index in [0.717, 1.165) is 12.5 Å². The second kappa shape index (κ2) is 5.93. The second-order valence-corrected chi connectivity index (χ2v) is 5.09. The minimum absolute atomic E-state index is 0.343. The Bertz CT molecular complexity index is 199. The molecule has 1 aliphatic rings. The molecule has 1 fully saturated rings. The van der Waals surface area contributed by atoms with E-state index in [9.17, 15) is 0 Å². The molecule has 0 aromatic carbocycles. The van der Waals surface area contributed by atoms with E-state index in [1.165, 1.54) is 19.3 Å². The van der Waals surface area contributed by atoms with Gasteiger partial charge in [-0.15, -0.1) is 0 Å². The van der Waals surface area contributed by atoms with Crippen molar-refractivity contribution in [3.05, 3.63) is 0 Å². The molecule has 1 aliphatic heterocycles. The maximum absolute atomic E-state index is 5.27. The van der Waals surface area contributed by atoms with E-state index in [4.69, 9.17) is 17.0 Å². The Kier molecular flexibility index (Phi) is 5.20. The predicted octanol–water partition coefficient (Wildman–Crippen LogP) is 2.69. The quantitative estimate of drug-likeness (QED) is 0.595. The zero-order valence-electron chi connectivity index (χ0n) is 8.90. The van der Waals surface area contributed by atoms with Crippen LogP contribution in [-0.4, -0.2) is 28.6 Å². The Labute approximate surface area is 97.4 Å². The number of piperidine rings is 1. The Morgan fingerprint density at radius 1 is 1.57 bits per heavy atom. The summed E-state index contributed by atoms with van der Waals surface area (Å²) in [6.07, 6.45) is 3.87. The van der Waals surface area contributed by atoms with Gasteiger partial charge < -0.3 is 4.74 Å². The molecule has 1 heterocycles. The van der Waals surface area contributed by atoms with Crippen LogP contribution in [0.1, 0.15) is 33.1 Å². The first-order valence-electron chi connectivity index (χ1n) is 5.23. The zero-order chi connectivity index (χ0) is 10.6. The van der Waals surface area contributed by atoms with Gasteiger partial charge in [-0.1, -0.05) is 26.0 Å². The average Bonchev–Trinajstić information content (AvgIpc) is 2.16. The topological polar surface area (TPSA) is 12.5 Å². The van der Waals surface area contributed by atoms with Gasteiger partial charge in [0.1, 0.15) is 6.73 Å². The predicted molar refractivity (Wildman–Crippen MR) is 66.7 cm³/mol. The highest BCUT2D eigenvalue weighted by atomic mass is 32.1. The number of likely N-dealkylation sites (tertiary alicyclic amines) is 1. The van der Waals surface area contributed by atoms with Gasteiger partial charge in [-0.25, -0.2) is 0 Å². The first kappa shape index (κ1) is 12.3. The third-order valence-electron chi connectivity index (χ3n) is 3.04. The van der Waals surface area contributed by atoms with Crippen molar-refractivity contribution < 1.29 is 4.74 Å². The van der Waals surface area contributed by atoms with Gasteiger partial charge >= 0.3 is 0 Å². The lowest BCUT2D eigenvalue weighted by Gasteiger charge is -2.37. The monoisotopic (exact) mass is 233 g/mol. The molecule has 2 nitrogen and oxygen atoms in total. The fraction of sp³-hybridized carbons (Fsp3) is 0.900. The minimum Gasteiger partial charge on any atom is -0.463 e. The van der Waals surface area contributed by atoms with Crippen molar-refractivity contribution in [1.82, 2.24) is 4.90 Å². The Morgan fingerprint density at radius 2 is 2.29 bits per heavy atom. The summed E-state index contributed by atoms with van der Waals surface area (Å²) in [5.74, 6) is 0.822. The number of nitrogens with zero attached hydrogens (tertiary/aromatic N) is 1. The van der Waals surface area contributed by atoms with Crippen LogP contribution in [-0.2, 0) is 4.74 Å². The summed E-state index contributed by atoms with van der Waals surface area (Å²) in [7, 11) is 0. The summed E-state index contributed by atoms with van der Waals surface area (Å²) in [6, 6.07) is 0.612. The molecule has 4 heteroatoms. The molecule has 0 radical (unpaired) electrons. The smallest absolute Gasteiger partial charge is 0.218 e.